The lowest BCUT2D eigenvalue weighted by Crippen LogP contribution is -2.37. The van der Waals surface area contributed by atoms with Crippen molar-refractivity contribution >= 4 is 39.4 Å². The number of urea groups is 1. The summed E-state index contributed by atoms with van der Waals surface area (Å²) in [6.07, 6.45) is 0.973. The van der Waals surface area contributed by atoms with Gasteiger partial charge in [-0.05, 0) is 30.4 Å². The average Bonchev–Trinajstić information content (AvgIpc) is 2.91. The molecule has 1 aliphatic rings. The van der Waals surface area contributed by atoms with Crippen LogP contribution < -0.4 is 15.4 Å². The molecule has 122 valence electrons. The molecule has 0 aliphatic carbocycles. The van der Waals surface area contributed by atoms with Gasteiger partial charge in [0.15, 0.2) is 0 Å². The van der Waals surface area contributed by atoms with Crippen LogP contribution in [0.2, 0.25) is 0 Å². The summed E-state index contributed by atoms with van der Waals surface area (Å²) in [5, 5.41) is 5.61. The normalized spacial score (nSPS) is 18.2. The van der Waals surface area contributed by atoms with Gasteiger partial charge in [0.25, 0.3) is 0 Å². The second-order valence-corrected chi connectivity index (χ2v) is 8.16. The molecule has 1 aromatic rings. The Hall–Kier alpha value is -1.45. The Kier molecular flexibility index (Phi) is 5.54. The fourth-order valence-electron chi connectivity index (χ4n) is 1.90. The predicted molar refractivity (Wildman–Crippen MR) is 90.6 cm³/mol. The van der Waals surface area contributed by atoms with E-state index in [1.54, 1.807) is 24.3 Å². The molecule has 22 heavy (non-hydrogen) atoms. The van der Waals surface area contributed by atoms with Gasteiger partial charge in [0.05, 0.1) is 5.69 Å². The Morgan fingerprint density at radius 3 is 2.68 bits per heavy atom. The monoisotopic (exact) mass is 344 g/mol. The molecule has 0 bridgehead atoms. The number of thioether (sulfide) groups is 1. The first kappa shape index (κ1) is 16.9. The van der Waals surface area contributed by atoms with Gasteiger partial charge in [-0.15, -0.1) is 0 Å². The molecule has 2 rings (SSSR count). The lowest BCUT2D eigenvalue weighted by molar-refractivity contribution is 0.249. The first-order valence-corrected chi connectivity index (χ1v) is 9.42. The second kappa shape index (κ2) is 7.21. The van der Waals surface area contributed by atoms with Crippen molar-refractivity contribution in [3.8, 4) is 0 Å². The number of hydrogen-bond donors (Lipinski definition) is 3. The fourth-order valence-corrected chi connectivity index (χ4v) is 3.66. The summed E-state index contributed by atoms with van der Waals surface area (Å²) in [6.45, 7) is 0. The van der Waals surface area contributed by atoms with Gasteiger partial charge in [-0.2, -0.15) is 24.5 Å². The minimum absolute atomic E-state index is 0.195. The van der Waals surface area contributed by atoms with E-state index in [0.29, 0.717) is 11.4 Å². The van der Waals surface area contributed by atoms with Crippen LogP contribution in [0, 0.1) is 0 Å². The molecule has 0 aromatic heterocycles. The minimum Gasteiger partial charge on any atom is -0.334 e. The molecule has 1 aliphatic heterocycles. The van der Waals surface area contributed by atoms with Crippen molar-refractivity contribution in [3.63, 3.8) is 0 Å². The van der Waals surface area contributed by atoms with Crippen molar-refractivity contribution in [1.82, 2.24) is 9.62 Å². The number of amides is 2. The Morgan fingerprint density at radius 2 is 2.05 bits per heavy atom. The van der Waals surface area contributed by atoms with E-state index in [4.69, 9.17) is 0 Å². The third-order valence-electron chi connectivity index (χ3n) is 3.11. The van der Waals surface area contributed by atoms with Crippen LogP contribution in [0.15, 0.2) is 24.3 Å². The van der Waals surface area contributed by atoms with Gasteiger partial charge in [-0.25, -0.2) is 4.79 Å². The molecule has 0 saturated carbocycles. The van der Waals surface area contributed by atoms with Crippen molar-refractivity contribution in [2.45, 2.75) is 12.5 Å². The van der Waals surface area contributed by atoms with Crippen molar-refractivity contribution in [2.24, 2.45) is 0 Å². The summed E-state index contributed by atoms with van der Waals surface area (Å²) in [5.74, 6) is 1.99. The van der Waals surface area contributed by atoms with Crippen molar-refractivity contribution < 1.29 is 13.2 Å². The fraction of sp³-hybridized carbons (Fsp3) is 0.462. The van der Waals surface area contributed by atoms with Gasteiger partial charge >= 0.3 is 16.2 Å². The largest absolute Gasteiger partial charge is 0.334 e. The Balaban J connectivity index is 1.97. The molecule has 1 aromatic carbocycles. The molecule has 1 fully saturated rings. The van der Waals surface area contributed by atoms with E-state index in [2.05, 4.69) is 15.4 Å². The van der Waals surface area contributed by atoms with Crippen LogP contribution in [0.1, 0.15) is 6.42 Å². The van der Waals surface area contributed by atoms with Crippen molar-refractivity contribution in [2.75, 3.05) is 35.6 Å². The maximum Gasteiger partial charge on any atom is 0.319 e. The maximum absolute atomic E-state index is 11.9. The van der Waals surface area contributed by atoms with Crippen LogP contribution in [0.3, 0.4) is 0 Å². The van der Waals surface area contributed by atoms with E-state index in [1.165, 1.54) is 14.1 Å². The highest BCUT2D eigenvalue weighted by Crippen LogP contribution is 2.19. The van der Waals surface area contributed by atoms with Gasteiger partial charge in [-0.3, -0.25) is 4.72 Å². The quantitative estimate of drug-likeness (QED) is 0.755. The lowest BCUT2D eigenvalue weighted by Gasteiger charge is -2.15. The zero-order chi connectivity index (χ0) is 16.2. The number of nitrogens with one attached hydrogen (secondary N) is 3. The molecule has 3 N–H and O–H groups in total. The van der Waals surface area contributed by atoms with Crippen LogP contribution in [0.4, 0.5) is 16.2 Å². The number of carbonyl (C=O) groups is 1. The molecule has 2 amide bonds. The molecule has 7 nitrogen and oxygen atoms in total. The van der Waals surface area contributed by atoms with Crippen LogP contribution in [0.25, 0.3) is 0 Å². The van der Waals surface area contributed by atoms with E-state index in [0.717, 1.165) is 22.2 Å². The number of hydrogen-bond acceptors (Lipinski definition) is 4. The van der Waals surface area contributed by atoms with Crippen LogP contribution >= 0.6 is 11.8 Å². The number of nitrogens with zero attached hydrogens (tertiary/aromatic N) is 1. The van der Waals surface area contributed by atoms with E-state index in [1.807, 2.05) is 11.8 Å². The SMILES string of the molecule is CN(C)S(=O)(=O)Nc1cccc(NC(=O)N[C@H]2CCSC2)c1. The molecular weight excluding hydrogens is 324 g/mol. The highest BCUT2D eigenvalue weighted by molar-refractivity contribution is 7.99. The average molecular weight is 344 g/mol. The molecule has 0 radical (unpaired) electrons. The lowest BCUT2D eigenvalue weighted by atomic mass is 10.2. The highest BCUT2D eigenvalue weighted by atomic mass is 32.2. The third kappa shape index (κ3) is 4.79. The summed E-state index contributed by atoms with van der Waals surface area (Å²) in [6, 6.07) is 6.49. The summed E-state index contributed by atoms with van der Waals surface area (Å²) >= 11 is 1.82. The molecule has 9 heteroatoms. The Labute approximate surface area is 135 Å². The van der Waals surface area contributed by atoms with Crippen LogP contribution in [0.5, 0.6) is 0 Å². The topological polar surface area (TPSA) is 90.5 Å². The van der Waals surface area contributed by atoms with Gasteiger partial charge in [-0.1, -0.05) is 6.07 Å². The molecule has 1 heterocycles. The van der Waals surface area contributed by atoms with Crippen LogP contribution in [-0.2, 0) is 10.2 Å². The maximum atomic E-state index is 11.9. The van der Waals surface area contributed by atoms with Crippen molar-refractivity contribution in [1.29, 1.82) is 0 Å². The third-order valence-corrected chi connectivity index (χ3v) is 5.73. The number of anilines is 2. The first-order chi connectivity index (χ1) is 10.4. The zero-order valence-corrected chi connectivity index (χ0v) is 14.1. The molecule has 0 unspecified atom stereocenters. The van der Waals surface area contributed by atoms with Gasteiger partial charge in [0.1, 0.15) is 0 Å². The predicted octanol–water partition coefficient (Wildman–Crippen LogP) is 1.53. The zero-order valence-electron chi connectivity index (χ0n) is 12.5. The minimum atomic E-state index is -3.56. The standard InChI is InChI=1S/C13H20N4O3S2/c1-17(2)22(19,20)16-11-5-3-4-10(8-11)14-13(18)15-12-6-7-21-9-12/h3-5,8,12,16H,6-7,9H2,1-2H3,(H2,14,15,18)/t12-/m0/s1. The molecule has 0 spiro atoms. The summed E-state index contributed by atoms with van der Waals surface area (Å²) < 4.78 is 27.1. The Morgan fingerprint density at radius 1 is 1.32 bits per heavy atom. The number of rotatable bonds is 5. The van der Waals surface area contributed by atoms with E-state index in [-0.39, 0.29) is 12.1 Å². The molecule has 1 atom stereocenters. The van der Waals surface area contributed by atoms with E-state index >= 15 is 0 Å². The second-order valence-electron chi connectivity index (χ2n) is 5.13. The van der Waals surface area contributed by atoms with E-state index in [9.17, 15) is 13.2 Å². The summed E-state index contributed by atoms with van der Waals surface area (Å²) in [5.41, 5.74) is 0.921. The van der Waals surface area contributed by atoms with Crippen LogP contribution in [-0.4, -0.2) is 50.4 Å². The number of benzene rings is 1. The first-order valence-electron chi connectivity index (χ1n) is 6.82. The molecule has 1 saturated heterocycles. The van der Waals surface area contributed by atoms with Crippen molar-refractivity contribution in [3.05, 3.63) is 24.3 Å². The molecular formula is C13H20N4O3S2. The van der Waals surface area contributed by atoms with E-state index < -0.39 is 10.2 Å². The summed E-state index contributed by atoms with van der Waals surface area (Å²) in [4.78, 5) is 11.9. The highest BCUT2D eigenvalue weighted by Gasteiger charge is 2.18. The van der Waals surface area contributed by atoms with Gasteiger partial charge < -0.3 is 10.6 Å². The Bertz CT molecular complexity index is 628. The summed E-state index contributed by atoms with van der Waals surface area (Å²) in [7, 11) is -0.679. The smallest absolute Gasteiger partial charge is 0.319 e. The number of carbonyl (C=O) groups excluding carboxylic acids is 1. The van der Waals surface area contributed by atoms with Gasteiger partial charge in [0, 0.05) is 31.6 Å². The van der Waals surface area contributed by atoms with Gasteiger partial charge in [0.2, 0.25) is 0 Å².